The molecule has 0 aliphatic carbocycles. The third-order valence-electron chi connectivity index (χ3n) is 10.3. The van der Waals surface area contributed by atoms with Gasteiger partial charge in [-0.05, 0) is 12.8 Å². The zero-order valence-electron chi connectivity index (χ0n) is 32.8. The quantitative estimate of drug-likeness (QED) is 0.0370. The molecule has 10 heteroatoms. The molecule has 1 saturated heterocycles. The normalized spacial score (nSPS) is 21.1. The molecule has 0 aromatic heterocycles. The van der Waals surface area contributed by atoms with Gasteiger partial charge in [0.1, 0.15) is 30.5 Å². The lowest BCUT2D eigenvalue weighted by atomic mass is 9.99. The van der Waals surface area contributed by atoms with Crippen LogP contribution in [0, 0.1) is 0 Å². The zero-order chi connectivity index (χ0) is 37.4. The van der Waals surface area contributed by atoms with E-state index in [1.54, 1.807) is 0 Å². The third kappa shape index (κ3) is 24.6. The van der Waals surface area contributed by atoms with Crippen molar-refractivity contribution >= 4 is 11.8 Å². The van der Waals surface area contributed by atoms with Crippen molar-refractivity contribution in [3.05, 3.63) is 0 Å². The van der Waals surface area contributed by atoms with Crippen molar-refractivity contribution in [2.45, 2.75) is 230 Å². The molecular formula is C41H80N2O8. The highest BCUT2D eigenvalue weighted by molar-refractivity contribution is 5.87. The van der Waals surface area contributed by atoms with Gasteiger partial charge in [0.25, 0.3) is 0 Å². The first kappa shape index (κ1) is 47.7. The number of ether oxygens (including phenoxy) is 2. The van der Waals surface area contributed by atoms with Crippen molar-refractivity contribution in [1.82, 2.24) is 10.6 Å². The molecule has 10 nitrogen and oxygen atoms in total. The van der Waals surface area contributed by atoms with Crippen LogP contribution in [0.4, 0.5) is 0 Å². The highest BCUT2D eigenvalue weighted by Crippen LogP contribution is 2.22. The molecule has 1 rings (SSSR count). The Kier molecular flexibility index (Phi) is 31.1. The molecule has 302 valence electrons. The van der Waals surface area contributed by atoms with Crippen LogP contribution in [-0.2, 0) is 19.1 Å². The molecule has 2 amide bonds. The second-order valence-electron chi connectivity index (χ2n) is 15.0. The highest BCUT2D eigenvalue weighted by atomic mass is 16.7. The number of aliphatic hydroxyl groups is 4. The molecule has 0 bridgehead atoms. The zero-order valence-corrected chi connectivity index (χ0v) is 32.8. The van der Waals surface area contributed by atoms with E-state index >= 15 is 0 Å². The molecule has 6 N–H and O–H groups in total. The maximum absolute atomic E-state index is 13.1. The molecule has 1 heterocycles. The number of hydrogen-bond donors (Lipinski definition) is 6. The largest absolute Gasteiger partial charge is 0.394 e. The minimum Gasteiger partial charge on any atom is -0.394 e. The van der Waals surface area contributed by atoms with Gasteiger partial charge in [-0.15, -0.1) is 0 Å². The van der Waals surface area contributed by atoms with Gasteiger partial charge in [0.2, 0.25) is 11.8 Å². The maximum atomic E-state index is 13.1. The Labute approximate surface area is 311 Å². The van der Waals surface area contributed by atoms with Crippen LogP contribution in [0.2, 0.25) is 0 Å². The Balaban J connectivity index is 2.35. The Morgan fingerprint density at radius 3 is 1.43 bits per heavy atom. The molecule has 0 saturated carbocycles. The average molecular weight is 729 g/mol. The Bertz CT molecular complexity index is 817. The predicted molar refractivity (Wildman–Crippen MR) is 205 cm³/mol. The summed E-state index contributed by atoms with van der Waals surface area (Å²) in [6, 6.07) is -1.02. The van der Waals surface area contributed by atoms with Gasteiger partial charge in [-0.3, -0.25) is 9.59 Å². The fourth-order valence-electron chi connectivity index (χ4n) is 6.80. The Morgan fingerprint density at radius 1 is 0.588 bits per heavy atom. The van der Waals surface area contributed by atoms with Gasteiger partial charge in [0.05, 0.1) is 13.2 Å². The first-order valence-corrected chi connectivity index (χ1v) is 21.3. The molecule has 0 aromatic rings. The molecule has 0 unspecified atom stereocenters. The number of carbonyl (C=O) groups excluding carboxylic acids is 2. The summed E-state index contributed by atoms with van der Waals surface area (Å²) < 4.78 is 11.1. The summed E-state index contributed by atoms with van der Waals surface area (Å²) in [6.07, 6.45) is 26.5. The van der Waals surface area contributed by atoms with E-state index in [1.165, 1.54) is 135 Å². The van der Waals surface area contributed by atoms with Crippen molar-refractivity contribution in [3.8, 4) is 0 Å². The SMILES string of the molecule is CCCCCCCCCCCCCCCCCC(=O)N[C@@H](CO[C@@H]1O[C@H](CO)[C@@H](O)[C@H](O)[C@H]1O)C(=O)NCCCCCCCCCCCCCC. The summed E-state index contributed by atoms with van der Waals surface area (Å²) in [5.41, 5.74) is 0. The van der Waals surface area contributed by atoms with Crippen molar-refractivity contribution in [1.29, 1.82) is 0 Å². The van der Waals surface area contributed by atoms with Crippen LogP contribution in [-0.4, -0.2) is 88.7 Å². The lowest BCUT2D eigenvalue weighted by molar-refractivity contribution is -0.301. The molecule has 0 aromatic carbocycles. The molecule has 51 heavy (non-hydrogen) atoms. The first-order valence-electron chi connectivity index (χ1n) is 21.3. The Hall–Kier alpha value is -1.30. The number of amides is 2. The van der Waals surface area contributed by atoms with Gasteiger partial charge in [-0.25, -0.2) is 0 Å². The molecule has 0 spiro atoms. The van der Waals surface area contributed by atoms with Gasteiger partial charge >= 0.3 is 0 Å². The fraction of sp³-hybridized carbons (Fsp3) is 0.951. The standard InChI is InChI=1S/C41H80N2O8/c1-3-5-7-9-11-13-15-17-18-19-20-22-24-26-28-30-36(45)43-34(33-50-41-39(48)38(47)37(46)35(32-44)51-41)40(49)42-31-29-27-25-23-21-16-14-12-10-8-6-4-2/h34-35,37-39,41,44,46-48H,3-33H2,1-2H3,(H,42,49)(H,43,45)/t34-,35+,37+,38-,39+,41+/m0/s1. The van der Waals surface area contributed by atoms with E-state index in [0.29, 0.717) is 13.0 Å². The van der Waals surface area contributed by atoms with Crippen molar-refractivity contribution in [2.75, 3.05) is 19.8 Å². The van der Waals surface area contributed by atoms with Crippen molar-refractivity contribution < 1.29 is 39.5 Å². The Morgan fingerprint density at radius 2 is 1.00 bits per heavy atom. The molecule has 1 aliphatic heterocycles. The van der Waals surface area contributed by atoms with Gasteiger partial charge in [0.15, 0.2) is 6.29 Å². The predicted octanol–water partition coefficient (Wildman–Crippen LogP) is 7.37. The molecular weight excluding hydrogens is 648 g/mol. The monoisotopic (exact) mass is 729 g/mol. The maximum Gasteiger partial charge on any atom is 0.244 e. The second kappa shape index (κ2) is 33.3. The van der Waals surface area contributed by atoms with E-state index in [4.69, 9.17) is 9.47 Å². The van der Waals surface area contributed by atoms with Gasteiger partial charge in [-0.1, -0.05) is 174 Å². The van der Waals surface area contributed by atoms with E-state index in [9.17, 15) is 30.0 Å². The lowest BCUT2D eigenvalue weighted by Gasteiger charge is -2.39. The molecule has 0 radical (unpaired) electrons. The third-order valence-corrected chi connectivity index (χ3v) is 10.3. The summed E-state index contributed by atoms with van der Waals surface area (Å²) >= 11 is 0. The van der Waals surface area contributed by atoms with Gasteiger partial charge in [0, 0.05) is 13.0 Å². The smallest absolute Gasteiger partial charge is 0.244 e. The minimum absolute atomic E-state index is 0.243. The number of carbonyl (C=O) groups is 2. The van der Waals surface area contributed by atoms with E-state index in [2.05, 4.69) is 24.5 Å². The molecule has 6 atom stereocenters. The number of nitrogens with one attached hydrogen (secondary N) is 2. The van der Waals surface area contributed by atoms with E-state index in [1.807, 2.05) is 0 Å². The van der Waals surface area contributed by atoms with Crippen molar-refractivity contribution in [2.24, 2.45) is 0 Å². The van der Waals surface area contributed by atoms with Gasteiger partial charge in [-0.2, -0.15) is 0 Å². The van der Waals surface area contributed by atoms with E-state index in [-0.39, 0.29) is 18.4 Å². The van der Waals surface area contributed by atoms with Crippen molar-refractivity contribution in [3.63, 3.8) is 0 Å². The summed E-state index contributed by atoms with van der Waals surface area (Å²) in [4.78, 5) is 26.0. The summed E-state index contributed by atoms with van der Waals surface area (Å²) in [6.45, 7) is 4.11. The number of rotatable bonds is 35. The summed E-state index contributed by atoms with van der Waals surface area (Å²) in [5, 5.41) is 45.7. The van der Waals surface area contributed by atoms with Crippen LogP contribution in [0.3, 0.4) is 0 Å². The summed E-state index contributed by atoms with van der Waals surface area (Å²) in [5.74, 6) is -0.625. The summed E-state index contributed by atoms with van der Waals surface area (Å²) in [7, 11) is 0. The number of unbranched alkanes of at least 4 members (excludes halogenated alkanes) is 25. The average Bonchev–Trinajstić information content (AvgIpc) is 3.13. The number of aliphatic hydroxyl groups excluding tert-OH is 4. The van der Waals surface area contributed by atoms with Crippen LogP contribution >= 0.6 is 0 Å². The van der Waals surface area contributed by atoms with Crippen LogP contribution < -0.4 is 10.6 Å². The lowest BCUT2D eigenvalue weighted by Crippen LogP contribution is -2.60. The van der Waals surface area contributed by atoms with Crippen LogP contribution in [0.5, 0.6) is 0 Å². The van der Waals surface area contributed by atoms with E-state index < -0.39 is 43.4 Å². The van der Waals surface area contributed by atoms with Crippen LogP contribution in [0.25, 0.3) is 0 Å². The minimum atomic E-state index is -1.58. The second-order valence-corrected chi connectivity index (χ2v) is 15.0. The molecule has 1 aliphatic rings. The van der Waals surface area contributed by atoms with Crippen LogP contribution in [0.1, 0.15) is 194 Å². The number of hydrogen-bond acceptors (Lipinski definition) is 8. The first-order chi connectivity index (χ1) is 24.8. The molecule has 1 fully saturated rings. The van der Waals surface area contributed by atoms with Gasteiger partial charge < -0.3 is 40.5 Å². The topological polar surface area (TPSA) is 158 Å². The van der Waals surface area contributed by atoms with Crippen LogP contribution in [0.15, 0.2) is 0 Å². The van der Waals surface area contributed by atoms with E-state index in [0.717, 1.165) is 38.5 Å². The fourth-order valence-corrected chi connectivity index (χ4v) is 6.80. The highest BCUT2D eigenvalue weighted by Gasteiger charge is 2.44.